The molecule has 0 bridgehead atoms. The van der Waals surface area contributed by atoms with Crippen molar-refractivity contribution >= 4 is 17.4 Å². The summed E-state index contributed by atoms with van der Waals surface area (Å²) in [5, 5.41) is 7.95. The van der Waals surface area contributed by atoms with E-state index in [0.29, 0.717) is 5.82 Å². The molecule has 2 rings (SSSR count). The summed E-state index contributed by atoms with van der Waals surface area (Å²) in [5.41, 5.74) is 7.81. The van der Waals surface area contributed by atoms with Crippen molar-refractivity contribution in [2.24, 2.45) is 0 Å². The van der Waals surface area contributed by atoms with Gasteiger partial charge in [0.2, 0.25) is 0 Å². The quantitative estimate of drug-likeness (QED) is 0.863. The highest BCUT2D eigenvalue weighted by Gasteiger charge is 2.35. The molecule has 19 heavy (non-hydrogen) atoms. The third-order valence-electron chi connectivity index (χ3n) is 3.78. The molecular formula is C15H20ClN3. The molecule has 2 aromatic rings. The van der Waals surface area contributed by atoms with Crippen LogP contribution in [-0.2, 0) is 5.41 Å². The molecule has 0 aliphatic heterocycles. The summed E-state index contributed by atoms with van der Waals surface area (Å²) in [5.74, 6) is 0.524. The van der Waals surface area contributed by atoms with E-state index in [1.54, 1.807) is 0 Å². The molecule has 4 heteroatoms. The molecule has 0 spiro atoms. The highest BCUT2D eigenvalue weighted by atomic mass is 35.5. The SMILES string of the molecule is CCCC(CC)(c1cc(N)n[nH]1)c1ccccc1Cl. The van der Waals surface area contributed by atoms with Gasteiger partial charge < -0.3 is 5.73 Å². The predicted molar refractivity (Wildman–Crippen MR) is 80.4 cm³/mol. The zero-order valence-corrected chi connectivity index (χ0v) is 12.2. The van der Waals surface area contributed by atoms with Gasteiger partial charge in [0.15, 0.2) is 0 Å². The highest BCUT2D eigenvalue weighted by Crippen LogP contribution is 2.42. The molecule has 0 aliphatic carbocycles. The molecule has 1 unspecified atom stereocenters. The summed E-state index contributed by atoms with van der Waals surface area (Å²) < 4.78 is 0. The minimum Gasteiger partial charge on any atom is -0.382 e. The molecule has 0 fully saturated rings. The third-order valence-corrected chi connectivity index (χ3v) is 4.11. The van der Waals surface area contributed by atoms with Gasteiger partial charge in [-0.25, -0.2) is 0 Å². The molecule has 0 saturated heterocycles. The van der Waals surface area contributed by atoms with E-state index in [0.717, 1.165) is 35.5 Å². The number of anilines is 1. The van der Waals surface area contributed by atoms with E-state index in [9.17, 15) is 0 Å². The van der Waals surface area contributed by atoms with Gasteiger partial charge in [-0.2, -0.15) is 5.10 Å². The highest BCUT2D eigenvalue weighted by molar-refractivity contribution is 6.31. The first-order valence-electron chi connectivity index (χ1n) is 6.70. The number of hydrogen-bond acceptors (Lipinski definition) is 2. The van der Waals surface area contributed by atoms with E-state index in [-0.39, 0.29) is 5.41 Å². The van der Waals surface area contributed by atoms with E-state index >= 15 is 0 Å². The van der Waals surface area contributed by atoms with Crippen molar-refractivity contribution in [3.05, 3.63) is 46.6 Å². The topological polar surface area (TPSA) is 54.7 Å². The molecule has 0 amide bonds. The Balaban J connectivity index is 2.60. The molecule has 0 aliphatic rings. The lowest BCUT2D eigenvalue weighted by atomic mass is 9.72. The van der Waals surface area contributed by atoms with Crippen molar-refractivity contribution < 1.29 is 0 Å². The largest absolute Gasteiger partial charge is 0.382 e. The number of rotatable bonds is 5. The second-order valence-electron chi connectivity index (χ2n) is 4.87. The fourth-order valence-electron chi connectivity index (χ4n) is 2.83. The van der Waals surface area contributed by atoms with Gasteiger partial charge in [0.25, 0.3) is 0 Å². The van der Waals surface area contributed by atoms with Crippen molar-refractivity contribution in [3.63, 3.8) is 0 Å². The summed E-state index contributed by atoms with van der Waals surface area (Å²) >= 11 is 6.41. The summed E-state index contributed by atoms with van der Waals surface area (Å²) in [4.78, 5) is 0. The fourth-order valence-corrected chi connectivity index (χ4v) is 3.15. The van der Waals surface area contributed by atoms with E-state index in [1.807, 2.05) is 24.3 Å². The van der Waals surface area contributed by atoms with Gasteiger partial charge in [0, 0.05) is 22.2 Å². The predicted octanol–water partition coefficient (Wildman–Crippen LogP) is 4.14. The number of nitrogen functional groups attached to an aromatic ring is 1. The van der Waals surface area contributed by atoms with Crippen LogP contribution in [0.3, 0.4) is 0 Å². The number of aromatic amines is 1. The summed E-state index contributed by atoms with van der Waals surface area (Å²) in [6, 6.07) is 9.94. The Morgan fingerprint density at radius 1 is 1.32 bits per heavy atom. The second-order valence-corrected chi connectivity index (χ2v) is 5.28. The monoisotopic (exact) mass is 277 g/mol. The van der Waals surface area contributed by atoms with Gasteiger partial charge in [0.1, 0.15) is 5.82 Å². The number of halogens is 1. The molecular weight excluding hydrogens is 258 g/mol. The van der Waals surface area contributed by atoms with E-state index in [1.165, 1.54) is 0 Å². The Bertz CT molecular complexity index is 550. The summed E-state index contributed by atoms with van der Waals surface area (Å²) in [6.07, 6.45) is 3.03. The maximum atomic E-state index is 6.41. The van der Waals surface area contributed by atoms with Crippen LogP contribution in [0.2, 0.25) is 5.02 Å². The van der Waals surface area contributed by atoms with Gasteiger partial charge >= 0.3 is 0 Å². The molecule has 1 heterocycles. The van der Waals surface area contributed by atoms with Crippen LogP contribution in [-0.4, -0.2) is 10.2 Å². The Labute approximate surface area is 119 Å². The van der Waals surface area contributed by atoms with E-state index in [2.05, 4.69) is 30.1 Å². The number of hydrogen-bond donors (Lipinski definition) is 2. The third kappa shape index (κ3) is 2.47. The zero-order valence-electron chi connectivity index (χ0n) is 11.4. The number of benzene rings is 1. The maximum Gasteiger partial charge on any atom is 0.145 e. The fraction of sp³-hybridized carbons (Fsp3) is 0.400. The molecule has 1 aromatic carbocycles. The van der Waals surface area contributed by atoms with Crippen LogP contribution in [0.5, 0.6) is 0 Å². The van der Waals surface area contributed by atoms with Gasteiger partial charge in [-0.1, -0.05) is 50.1 Å². The average molecular weight is 278 g/mol. The van der Waals surface area contributed by atoms with Crippen LogP contribution in [0.15, 0.2) is 30.3 Å². The molecule has 0 radical (unpaired) electrons. The van der Waals surface area contributed by atoms with Crippen molar-refractivity contribution in [2.45, 2.75) is 38.5 Å². The molecule has 3 nitrogen and oxygen atoms in total. The van der Waals surface area contributed by atoms with Crippen LogP contribution in [0.1, 0.15) is 44.4 Å². The first-order valence-corrected chi connectivity index (χ1v) is 7.08. The summed E-state index contributed by atoms with van der Waals surface area (Å²) in [6.45, 7) is 4.36. The lowest BCUT2D eigenvalue weighted by Crippen LogP contribution is -2.27. The number of H-pyrrole nitrogens is 1. The van der Waals surface area contributed by atoms with Crippen LogP contribution in [0.4, 0.5) is 5.82 Å². The Morgan fingerprint density at radius 2 is 2.05 bits per heavy atom. The van der Waals surface area contributed by atoms with Crippen LogP contribution in [0.25, 0.3) is 0 Å². The zero-order chi connectivity index (χ0) is 13.9. The second kappa shape index (κ2) is 5.66. The Kier molecular flexibility index (Phi) is 4.15. The summed E-state index contributed by atoms with van der Waals surface area (Å²) in [7, 11) is 0. The van der Waals surface area contributed by atoms with Crippen molar-refractivity contribution in [1.82, 2.24) is 10.2 Å². The van der Waals surface area contributed by atoms with Gasteiger partial charge in [-0.15, -0.1) is 0 Å². The van der Waals surface area contributed by atoms with Gasteiger partial charge in [0.05, 0.1) is 0 Å². The van der Waals surface area contributed by atoms with Crippen molar-refractivity contribution in [2.75, 3.05) is 5.73 Å². The minimum absolute atomic E-state index is 0.141. The molecule has 3 N–H and O–H groups in total. The van der Waals surface area contributed by atoms with Crippen molar-refractivity contribution in [3.8, 4) is 0 Å². The first kappa shape index (κ1) is 13.9. The molecule has 1 atom stereocenters. The first-order chi connectivity index (χ1) is 9.14. The number of aromatic nitrogens is 2. The molecule has 102 valence electrons. The normalized spacial score (nSPS) is 14.3. The Hall–Kier alpha value is -1.48. The number of nitrogens with two attached hydrogens (primary N) is 1. The van der Waals surface area contributed by atoms with E-state index in [4.69, 9.17) is 17.3 Å². The standard InChI is InChI=1S/C15H20ClN3/c1-3-9-15(4-2,13-10-14(17)19-18-13)11-7-5-6-8-12(11)16/h5-8,10H,3-4,9H2,1-2H3,(H3,17,18,19). The number of nitrogens with zero attached hydrogens (tertiary/aromatic N) is 1. The number of nitrogens with one attached hydrogen (secondary N) is 1. The molecule has 1 aromatic heterocycles. The average Bonchev–Trinajstić information content (AvgIpc) is 2.84. The lowest BCUT2D eigenvalue weighted by molar-refractivity contribution is 0.437. The van der Waals surface area contributed by atoms with Gasteiger partial charge in [-0.05, 0) is 24.5 Å². The van der Waals surface area contributed by atoms with E-state index < -0.39 is 0 Å². The van der Waals surface area contributed by atoms with Crippen LogP contribution in [0, 0.1) is 0 Å². The Morgan fingerprint density at radius 3 is 2.58 bits per heavy atom. The van der Waals surface area contributed by atoms with Crippen molar-refractivity contribution in [1.29, 1.82) is 0 Å². The smallest absolute Gasteiger partial charge is 0.145 e. The van der Waals surface area contributed by atoms with Crippen LogP contribution < -0.4 is 5.73 Å². The molecule has 0 saturated carbocycles. The van der Waals surface area contributed by atoms with Crippen LogP contribution >= 0.6 is 11.6 Å². The van der Waals surface area contributed by atoms with Gasteiger partial charge in [-0.3, -0.25) is 5.10 Å². The minimum atomic E-state index is -0.141. The lowest BCUT2D eigenvalue weighted by Gasteiger charge is -2.33. The maximum absolute atomic E-state index is 6.41.